The third-order valence-corrected chi connectivity index (χ3v) is 7.49. The van der Waals surface area contributed by atoms with E-state index in [2.05, 4.69) is 21.2 Å². The Bertz CT molecular complexity index is 1600. The lowest BCUT2D eigenvalue weighted by Gasteiger charge is -2.29. The largest absolute Gasteiger partial charge is 0.490 e. The van der Waals surface area contributed by atoms with Crippen LogP contribution in [0.4, 0.5) is 0 Å². The fraction of sp³-hybridized carbons (Fsp3) is 0.194. The first-order valence-corrected chi connectivity index (χ1v) is 13.4. The highest BCUT2D eigenvalue weighted by molar-refractivity contribution is 9.10. The molecule has 204 valence electrons. The molecule has 1 aliphatic heterocycles. The number of methoxy groups -OCH3 is 1. The monoisotopic (exact) mass is 603 g/mol. The summed E-state index contributed by atoms with van der Waals surface area (Å²) in [5.74, 6) is -1.53. The van der Waals surface area contributed by atoms with Gasteiger partial charge in [0.15, 0.2) is 17.3 Å². The maximum atomic E-state index is 13.7. The summed E-state index contributed by atoms with van der Waals surface area (Å²) in [7, 11) is 1.32. The van der Waals surface area contributed by atoms with Crippen molar-refractivity contribution in [2.24, 2.45) is 0 Å². The van der Waals surface area contributed by atoms with Crippen molar-refractivity contribution < 1.29 is 33.7 Å². The highest BCUT2D eigenvalue weighted by atomic mass is 79.9. The van der Waals surface area contributed by atoms with E-state index < -0.39 is 17.9 Å². The van der Waals surface area contributed by atoms with Gasteiger partial charge in [0.25, 0.3) is 0 Å². The van der Waals surface area contributed by atoms with Gasteiger partial charge in [0.1, 0.15) is 6.61 Å². The Morgan fingerprint density at radius 2 is 1.73 bits per heavy atom. The summed E-state index contributed by atoms with van der Waals surface area (Å²) < 4.78 is 17.8. The quantitative estimate of drug-likeness (QED) is 0.308. The molecule has 0 radical (unpaired) electrons. The maximum absolute atomic E-state index is 13.7. The van der Waals surface area contributed by atoms with Crippen LogP contribution < -0.4 is 14.8 Å². The van der Waals surface area contributed by atoms with Gasteiger partial charge in [-0.15, -0.1) is 0 Å². The van der Waals surface area contributed by atoms with Crippen LogP contribution >= 0.6 is 15.9 Å². The van der Waals surface area contributed by atoms with Crippen LogP contribution in [0.5, 0.6) is 11.5 Å². The zero-order valence-electron chi connectivity index (χ0n) is 22.0. The molecule has 9 heteroatoms. The minimum atomic E-state index is -1.000. The average molecular weight is 604 g/mol. The van der Waals surface area contributed by atoms with Crippen LogP contribution in [0.3, 0.4) is 0 Å². The number of carboxylic acid groups (broad SMARTS) is 1. The van der Waals surface area contributed by atoms with Crippen molar-refractivity contribution in [1.82, 2.24) is 5.32 Å². The Hall–Kier alpha value is -4.37. The Balaban J connectivity index is 1.57. The third-order valence-electron chi connectivity index (χ3n) is 6.90. The number of ether oxygens (including phenoxy) is 3. The number of rotatable bonds is 8. The maximum Gasteiger partial charge on any atom is 0.336 e. The number of hydrogen-bond donors (Lipinski definition) is 2. The average Bonchev–Trinajstić information content (AvgIpc) is 3.23. The number of esters is 1. The van der Waals surface area contributed by atoms with Crippen LogP contribution in [-0.2, 0) is 16.1 Å². The van der Waals surface area contributed by atoms with E-state index in [0.29, 0.717) is 56.2 Å². The first kappa shape index (κ1) is 27.2. The highest BCUT2D eigenvalue weighted by Crippen LogP contribution is 2.49. The van der Waals surface area contributed by atoms with Gasteiger partial charge >= 0.3 is 11.9 Å². The van der Waals surface area contributed by atoms with E-state index >= 15 is 0 Å². The number of carbonyl (C=O) groups excluding carboxylic acids is 2. The topological polar surface area (TPSA) is 111 Å². The summed E-state index contributed by atoms with van der Waals surface area (Å²) in [5.41, 5.74) is 5.05. The van der Waals surface area contributed by atoms with E-state index in [0.717, 1.165) is 11.1 Å². The number of Topliss-reactive ketones (excluding diaryl/α,β-unsaturated/α-hetero) is 1. The normalized spacial score (nSPS) is 15.8. The zero-order valence-corrected chi connectivity index (χ0v) is 23.6. The molecule has 0 spiro atoms. The summed E-state index contributed by atoms with van der Waals surface area (Å²) >= 11 is 3.61. The van der Waals surface area contributed by atoms with Gasteiger partial charge in [-0.05, 0) is 65.2 Å². The molecular weight excluding hydrogens is 578 g/mol. The molecular formula is C31H26BrNO7. The molecule has 40 heavy (non-hydrogen) atoms. The number of allylic oxidation sites excluding steroid dienone is 2. The van der Waals surface area contributed by atoms with Gasteiger partial charge in [0, 0.05) is 28.3 Å². The van der Waals surface area contributed by atoms with Gasteiger partial charge in [0.05, 0.1) is 35.0 Å². The minimum Gasteiger partial charge on any atom is -0.490 e. The number of fused-ring (bicyclic) bond motifs is 2. The predicted octanol–water partition coefficient (Wildman–Crippen LogP) is 5.87. The Morgan fingerprint density at radius 3 is 2.38 bits per heavy atom. The Morgan fingerprint density at radius 1 is 1.02 bits per heavy atom. The lowest BCUT2D eigenvalue weighted by atomic mass is 9.79. The van der Waals surface area contributed by atoms with E-state index in [4.69, 9.17) is 19.3 Å². The summed E-state index contributed by atoms with van der Waals surface area (Å²) in [5, 5.41) is 12.4. The number of aromatic carboxylic acids is 1. The summed E-state index contributed by atoms with van der Waals surface area (Å²) in [6.45, 7) is 4.16. The summed E-state index contributed by atoms with van der Waals surface area (Å²) in [6, 6.07) is 17.4. The van der Waals surface area contributed by atoms with E-state index in [-0.39, 0.29) is 18.0 Å². The number of carbonyl (C=O) groups is 3. The van der Waals surface area contributed by atoms with Gasteiger partial charge < -0.3 is 24.6 Å². The third kappa shape index (κ3) is 4.77. The van der Waals surface area contributed by atoms with Crippen molar-refractivity contribution in [2.75, 3.05) is 13.7 Å². The van der Waals surface area contributed by atoms with E-state index in [9.17, 15) is 14.4 Å². The molecule has 0 saturated carbocycles. The SMILES string of the molecule is CCOc1cc([C@H]2C(C(=O)OC)=C(C)NC3=C2C(=O)c2ccccc23)cc(Br)c1OCc1ccc(C(=O)O)cc1. The molecule has 3 aromatic carbocycles. The smallest absolute Gasteiger partial charge is 0.336 e. The van der Waals surface area contributed by atoms with Gasteiger partial charge in [0.2, 0.25) is 0 Å². The molecule has 2 aliphatic rings. The van der Waals surface area contributed by atoms with Crippen molar-refractivity contribution in [3.05, 3.63) is 110 Å². The molecule has 1 atom stereocenters. The number of halogens is 1. The van der Waals surface area contributed by atoms with Crippen molar-refractivity contribution >= 4 is 39.3 Å². The fourth-order valence-electron chi connectivity index (χ4n) is 5.10. The van der Waals surface area contributed by atoms with Crippen LogP contribution in [0.2, 0.25) is 0 Å². The number of dihydropyridines is 1. The second-order valence-corrected chi connectivity index (χ2v) is 10.2. The lowest BCUT2D eigenvalue weighted by molar-refractivity contribution is -0.136. The number of nitrogens with one attached hydrogen (secondary N) is 1. The second-order valence-electron chi connectivity index (χ2n) is 9.31. The molecule has 1 heterocycles. The second kappa shape index (κ2) is 11.0. The molecule has 0 fully saturated rings. The van der Waals surface area contributed by atoms with Crippen molar-refractivity contribution in [3.63, 3.8) is 0 Å². The summed E-state index contributed by atoms with van der Waals surface area (Å²) in [6.07, 6.45) is 0. The molecule has 8 nitrogen and oxygen atoms in total. The van der Waals surface area contributed by atoms with Gasteiger partial charge in [-0.3, -0.25) is 4.79 Å². The van der Waals surface area contributed by atoms with Crippen molar-refractivity contribution in [1.29, 1.82) is 0 Å². The Kier molecular flexibility index (Phi) is 7.49. The van der Waals surface area contributed by atoms with Crippen molar-refractivity contribution in [2.45, 2.75) is 26.4 Å². The van der Waals surface area contributed by atoms with Crippen LogP contribution in [-0.4, -0.2) is 36.5 Å². The van der Waals surface area contributed by atoms with E-state index in [1.54, 1.807) is 31.2 Å². The van der Waals surface area contributed by atoms with Gasteiger partial charge in [-0.2, -0.15) is 0 Å². The van der Waals surface area contributed by atoms with Gasteiger partial charge in [-0.25, -0.2) is 9.59 Å². The van der Waals surface area contributed by atoms with Crippen LogP contribution in [0.25, 0.3) is 5.70 Å². The number of ketones is 1. The highest BCUT2D eigenvalue weighted by Gasteiger charge is 2.43. The predicted molar refractivity (Wildman–Crippen MR) is 151 cm³/mol. The van der Waals surface area contributed by atoms with Crippen molar-refractivity contribution in [3.8, 4) is 11.5 Å². The van der Waals surface area contributed by atoms with Crippen LogP contribution in [0.1, 0.15) is 57.2 Å². The van der Waals surface area contributed by atoms with E-state index in [1.807, 2.05) is 31.2 Å². The van der Waals surface area contributed by atoms with Crippen LogP contribution in [0, 0.1) is 0 Å². The van der Waals surface area contributed by atoms with E-state index in [1.165, 1.54) is 19.2 Å². The molecule has 0 aromatic heterocycles. The number of carboxylic acids is 1. The fourth-order valence-corrected chi connectivity index (χ4v) is 5.67. The first-order valence-electron chi connectivity index (χ1n) is 12.6. The first-order chi connectivity index (χ1) is 19.2. The standard InChI is InChI=1S/C31H26BrNO7/c1-4-39-23-14-19(13-22(32)29(23)40-15-17-9-11-18(12-10-17)30(35)36)25-24(31(37)38-3)16(2)33-27-20-7-5-6-8-21(20)28(34)26(25)27/h5-14,25,33H,4,15H2,1-3H3,(H,35,36)/t25-/m0/s1. The molecule has 0 saturated heterocycles. The number of hydrogen-bond acceptors (Lipinski definition) is 7. The van der Waals surface area contributed by atoms with Crippen LogP contribution in [0.15, 0.2) is 82.0 Å². The zero-order chi connectivity index (χ0) is 28.6. The molecule has 0 unspecified atom stereocenters. The lowest BCUT2D eigenvalue weighted by Crippen LogP contribution is -2.29. The molecule has 1 aliphatic carbocycles. The molecule has 2 N–H and O–H groups in total. The molecule has 5 rings (SSSR count). The molecule has 0 bridgehead atoms. The van der Waals surface area contributed by atoms with Gasteiger partial charge in [-0.1, -0.05) is 36.4 Å². The minimum absolute atomic E-state index is 0.156. The molecule has 0 amide bonds. The molecule has 3 aromatic rings. The number of benzene rings is 3. The summed E-state index contributed by atoms with van der Waals surface area (Å²) in [4.78, 5) is 37.9. The Labute approximate surface area is 239 Å².